The van der Waals surface area contributed by atoms with Crippen LogP contribution in [0.2, 0.25) is 0 Å². The molecule has 0 radical (unpaired) electrons. The highest BCUT2D eigenvalue weighted by Crippen LogP contribution is 2.20. The lowest BCUT2D eigenvalue weighted by Gasteiger charge is -2.09. The molecule has 0 bridgehead atoms. The summed E-state index contributed by atoms with van der Waals surface area (Å²) in [4.78, 5) is 10.9. The van der Waals surface area contributed by atoms with Crippen molar-refractivity contribution < 1.29 is 18.3 Å². The van der Waals surface area contributed by atoms with Crippen molar-refractivity contribution in [2.75, 3.05) is 16.2 Å². The van der Waals surface area contributed by atoms with E-state index in [1.165, 1.54) is 25.1 Å². The number of rotatable bonds is 4. The van der Waals surface area contributed by atoms with Crippen LogP contribution in [0, 0.1) is 0 Å². The zero-order valence-electron chi connectivity index (χ0n) is 8.60. The van der Waals surface area contributed by atoms with E-state index in [-0.39, 0.29) is 22.7 Å². The van der Waals surface area contributed by atoms with Crippen molar-refractivity contribution in [2.24, 2.45) is 0 Å². The molecule has 1 aromatic carbocycles. The summed E-state index contributed by atoms with van der Waals surface area (Å²) >= 11 is 0. The molecule has 0 aliphatic rings. The van der Waals surface area contributed by atoms with E-state index in [1.807, 2.05) is 0 Å². The van der Waals surface area contributed by atoms with Gasteiger partial charge in [0.15, 0.2) is 0 Å². The number of carbonyl (C=O) groups is 1. The SMILES string of the molecule is CCS(=O)(=O)Nc1ccc(N)cc1C(=O)O. The first kappa shape index (κ1) is 12.3. The molecule has 0 spiro atoms. The van der Waals surface area contributed by atoms with E-state index in [4.69, 9.17) is 10.8 Å². The van der Waals surface area contributed by atoms with E-state index in [0.29, 0.717) is 0 Å². The zero-order valence-corrected chi connectivity index (χ0v) is 9.41. The second kappa shape index (κ2) is 4.40. The first-order chi connectivity index (χ1) is 7.35. The third-order valence-corrected chi connectivity index (χ3v) is 3.21. The number of anilines is 2. The van der Waals surface area contributed by atoms with E-state index in [2.05, 4.69) is 4.72 Å². The highest BCUT2D eigenvalue weighted by Gasteiger charge is 2.14. The highest BCUT2D eigenvalue weighted by molar-refractivity contribution is 7.92. The molecule has 88 valence electrons. The van der Waals surface area contributed by atoms with Crippen molar-refractivity contribution in [1.82, 2.24) is 0 Å². The third-order valence-electron chi connectivity index (χ3n) is 1.92. The summed E-state index contributed by atoms with van der Waals surface area (Å²) in [7, 11) is -3.50. The molecule has 7 heteroatoms. The fourth-order valence-corrected chi connectivity index (χ4v) is 1.72. The molecule has 0 heterocycles. The molecule has 1 rings (SSSR count). The average molecular weight is 244 g/mol. The Morgan fingerprint density at radius 1 is 1.50 bits per heavy atom. The topological polar surface area (TPSA) is 109 Å². The van der Waals surface area contributed by atoms with Gasteiger partial charge in [0.25, 0.3) is 0 Å². The minimum Gasteiger partial charge on any atom is -0.478 e. The number of hydrogen-bond donors (Lipinski definition) is 3. The van der Waals surface area contributed by atoms with E-state index < -0.39 is 16.0 Å². The number of carboxylic acids is 1. The number of nitrogen functional groups attached to an aromatic ring is 1. The van der Waals surface area contributed by atoms with Crippen LogP contribution >= 0.6 is 0 Å². The van der Waals surface area contributed by atoms with Crippen LogP contribution in [0.1, 0.15) is 17.3 Å². The summed E-state index contributed by atoms with van der Waals surface area (Å²) in [6.07, 6.45) is 0. The quantitative estimate of drug-likeness (QED) is 0.676. The number of nitrogens with one attached hydrogen (secondary N) is 1. The summed E-state index contributed by atoms with van der Waals surface area (Å²) in [5.41, 5.74) is 5.53. The van der Waals surface area contributed by atoms with Crippen LogP contribution in [0.5, 0.6) is 0 Å². The number of benzene rings is 1. The number of nitrogens with two attached hydrogens (primary N) is 1. The first-order valence-corrected chi connectivity index (χ1v) is 6.14. The Bertz CT molecular complexity index is 510. The summed E-state index contributed by atoms with van der Waals surface area (Å²) in [5, 5.41) is 8.87. The van der Waals surface area contributed by atoms with E-state index in [0.717, 1.165) is 0 Å². The van der Waals surface area contributed by atoms with Crippen molar-refractivity contribution in [3.05, 3.63) is 23.8 Å². The normalized spacial score (nSPS) is 11.1. The Morgan fingerprint density at radius 2 is 2.12 bits per heavy atom. The lowest BCUT2D eigenvalue weighted by molar-refractivity contribution is 0.0698. The van der Waals surface area contributed by atoms with Gasteiger partial charge in [-0.2, -0.15) is 0 Å². The molecule has 0 aromatic heterocycles. The standard InChI is InChI=1S/C9H12N2O4S/c1-2-16(14,15)11-8-4-3-6(10)5-7(8)9(12)13/h3-5,11H,2,10H2,1H3,(H,12,13). The van der Waals surface area contributed by atoms with E-state index in [9.17, 15) is 13.2 Å². The molecule has 0 saturated carbocycles. The van der Waals surface area contributed by atoms with Crippen LogP contribution < -0.4 is 10.5 Å². The summed E-state index contributed by atoms with van der Waals surface area (Å²) in [5.74, 6) is -1.36. The largest absolute Gasteiger partial charge is 0.478 e. The molecule has 6 nitrogen and oxygen atoms in total. The van der Waals surface area contributed by atoms with Gasteiger partial charge < -0.3 is 10.8 Å². The minimum absolute atomic E-state index is 0.0172. The monoisotopic (exact) mass is 244 g/mol. The second-order valence-corrected chi connectivity index (χ2v) is 5.13. The van der Waals surface area contributed by atoms with Gasteiger partial charge >= 0.3 is 5.97 Å². The lowest BCUT2D eigenvalue weighted by Crippen LogP contribution is -2.17. The zero-order chi connectivity index (χ0) is 12.3. The molecule has 0 fully saturated rings. The van der Waals surface area contributed by atoms with Crippen LogP contribution in [0.4, 0.5) is 11.4 Å². The molecule has 0 aliphatic heterocycles. The van der Waals surface area contributed by atoms with Gasteiger partial charge in [0.2, 0.25) is 10.0 Å². The molecule has 0 saturated heterocycles. The first-order valence-electron chi connectivity index (χ1n) is 4.49. The molecule has 0 amide bonds. The fourth-order valence-electron chi connectivity index (χ4n) is 1.07. The van der Waals surface area contributed by atoms with Gasteiger partial charge in [-0.05, 0) is 25.1 Å². The minimum atomic E-state index is -3.50. The van der Waals surface area contributed by atoms with Gasteiger partial charge in [-0.15, -0.1) is 0 Å². The Balaban J connectivity index is 3.19. The maximum absolute atomic E-state index is 11.3. The Labute approximate surface area is 93.1 Å². The summed E-state index contributed by atoms with van der Waals surface area (Å²) in [6.45, 7) is 1.46. The third kappa shape index (κ3) is 2.86. The number of aromatic carboxylic acids is 1. The number of sulfonamides is 1. The Hall–Kier alpha value is -1.76. The fraction of sp³-hybridized carbons (Fsp3) is 0.222. The molecule has 1 aromatic rings. The number of hydrogen-bond acceptors (Lipinski definition) is 4. The lowest BCUT2D eigenvalue weighted by atomic mass is 10.1. The van der Waals surface area contributed by atoms with Gasteiger partial charge in [-0.25, -0.2) is 13.2 Å². The van der Waals surface area contributed by atoms with Crippen LogP contribution in [0.3, 0.4) is 0 Å². The maximum Gasteiger partial charge on any atom is 0.337 e. The smallest absolute Gasteiger partial charge is 0.337 e. The van der Waals surface area contributed by atoms with Crippen LogP contribution in [-0.2, 0) is 10.0 Å². The van der Waals surface area contributed by atoms with Crippen LogP contribution in [0.15, 0.2) is 18.2 Å². The summed E-state index contributed by atoms with van der Waals surface area (Å²) in [6, 6.07) is 3.96. The molecule has 0 aliphatic carbocycles. The van der Waals surface area contributed by atoms with Crippen molar-refractivity contribution in [2.45, 2.75) is 6.92 Å². The van der Waals surface area contributed by atoms with Gasteiger partial charge in [-0.3, -0.25) is 4.72 Å². The van der Waals surface area contributed by atoms with Crippen molar-refractivity contribution in [3.63, 3.8) is 0 Å². The predicted octanol–water partition coefficient (Wildman–Crippen LogP) is 0.729. The van der Waals surface area contributed by atoms with Gasteiger partial charge in [0.05, 0.1) is 17.0 Å². The maximum atomic E-state index is 11.3. The predicted molar refractivity (Wildman–Crippen MR) is 60.9 cm³/mol. The van der Waals surface area contributed by atoms with Gasteiger partial charge in [0, 0.05) is 5.69 Å². The van der Waals surface area contributed by atoms with Crippen molar-refractivity contribution in [3.8, 4) is 0 Å². The van der Waals surface area contributed by atoms with E-state index >= 15 is 0 Å². The average Bonchev–Trinajstić information content (AvgIpc) is 2.20. The Kier molecular flexibility index (Phi) is 3.38. The van der Waals surface area contributed by atoms with Crippen LogP contribution in [0.25, 0.3) is 0 Å². The molecule has 4 N–H and O–H groups in total. The molecular formula is C9H12N2O4S. The second-order valence-electron chi connectivity index (χ2n) is 3.12. The van der Waals surface area contributed by atoms with Crippen LogP contribution in [-0.4, -0.2) is 25.2 Å². The molecular weight excluding hydrogens is 232 g/mol. The van der Waals surface area contributed by atoms with Gasteiger partial charge in [0.1, 0.15) is 0 Å². The van der Waals surface area contributed by atoms with E-state index in [1.54, 1.807) is 0 Å². The van der Waals surface area contributed by atoms with Crippen molar-refractivity contribution >= 4 is 27.4 Å². The molecule has 16 heavy (non-hydrogen) atoms. The van der Waals surface area contributed by atoms with Gasteiger partial charge in [-0.1, -0.05) is 0 Å². The molecule has 0 unspecified atom stereocenters. The Morgan fingerprint density at radius 3 is 2.62 bits per heavy atom. The molecule has 0 atom stereocenters. The highest BCUT2D eigenvalue weighted by atomic mass is 32.2. The summed E-state index contributed by atoms with van der Waals surface area (Å²) < 4.78 is 24.8. The van der Waals surface area contributed by atoms with Crippen molar-refractivity contribution in [1.29, 1.82) is 0 Å². The number of carboxylic acid groups (broad SMARTS) is 1.